The van der Waals surface area contributed by atoms with Gasteiger partial charge in [0.25, 0.3) is 0 Å². The van der Waals surface area contributed by atoms with Crippen LogP contribution >= 0.6 is 31.9 Å². The second kappa shape index (κ2) is 6.15. The molecule has 2 N–H and O–H groups in total. The Balaban J connectivity index is 1.81. The van der Waals surface area contributed by atoms with E-state index < -0.39 is 0 Å². The first-order chi connectivity index (χ1) is 10.1. The van der Waals surface area contributed by atoms with Crippen LogP contribution in [0.3, 0.4) is 0 Å². The van der Waals surface area contributed by atoms with Crippen LogP contribution in [0.1, 0.15) is 17.9 Å². The number of hydrogen-bond acceptors (Lipinski definition) is 3. The van der Waals surface area contributed by atoms with Gasteiger partial charge in [0.05, 0.1) is 14.6 Å². The highest BCUT2D eigenvalue weighted by molar-refractivity contribution is 9.11. The molecule has 0 saturated carbocycles. The minimum Gasteiger partial charge on any atom is -0.382 e. The van der Waals surface area contributed by atoms with Crippen molar-refractivity contribution in [2.24, 2.45) is 0 Å². The Kier molecular flexibility index (Phi) is 4.26. The molecule has 0 aliphatic carbocycles. The zero-order valence-electron chi connectivity index (χ0n) is 11.1. The number of amides is 1. The fourth-order valence-corrected chi connectivity index (χ4v) is 3.70. The predicted molar refractivity (Wildman–Crippen MR) is 90.6 cm³/mol. The van der Waals surface area contributed by atoms with Crippen molar-refractivity contribution >= 4 is 49.1 Å². The Morgan fingerprint density at radius 1 is 1.24 bits per heavy atom. The van der Waals surface area contributed by atoms with E-state index in [9.17, 15) is 4.79 Å². The van der Waals surface area contributed by atoms with Gasteiger partial charge in [-0.1, -0.05) is 18.2 Å². The van der Waals surface area contributed by atoms with E-state index in [0.717, 1.165) is 20.3 Å². The highest BCUT2D eigenvalue weighted by Gasteiger charge is 2.24. The lowest BCUT2D eigenvalue weighted by Crippen LogP contribution is -2.26. The summed E-state index contributed by atoms with van der Waals surface area (Å²) >= 11 is 6.96. The summed E-state index contributed by atoms with van der Waals surface area (Å²) in [5.74, 6) is 0.218. The number of benzene rings is 1. The van der Waals surface area contributed by atoms with Crippen LogP contribution in [0.4, 0.5) is 11.4 Å². The molecular formula is C15H13Br2N3O. The van der Waals surface area contributed by atoms with Crippen LogP contribution in [0.5, 0.6) is 0 Å². The molecule has 1 atom stereocenters. The van der Waals surface area contributed by atoms with Crippen molar-refractivity contribution in [2.45, 2.75) is 12.3 Å². The largest absolute Gasteiger partial charge is 0.382 e. The first kappa shape index (κ1) is 14.5. The first-order valence-electron chi connectivity index (χ1n) is 6.57. The van der Waals surface area contributed by atoms with Crippen molar-refractivity contribution in [3.63, 3.8) is 0 Å². The van der Waals surface area contributed by atoms with Gasteiger partial charge in [0.2, 0.25) is 5.91 Å². The predicted octanol–water partition coefficient (Wildman–Crippen LogP) is 4.14. The van der Waals surface area contributed by atoms with Gasteiger partial charge < -0.3 is 10.6 Å². The number of carbonyl (C=O) groups excluding carboxylic acids is 1. The number of aromatic nitrogens is 1. The molecule has 6 heteroatoms. The highest BCUT2D eigenvalue weighted by atomic mass is 79.9. The van der Waals surface area contributed by atoms with Gasteiger partial charge in [-0.2, -0.15) is 0 Å². The van der Waals surface area contributed by atoms with Gasteiger partial charge in [0, 0.05) is 37.0 Å². The third-order valence-corrected chi connectivity index (χ3v) is 4.69. The van der Waals surface area contributed by atoms with Crippen molar-refractivity contribution in [1.82, 2.24) is 4.98 Å². The van der Waals surface area contributed by atoms with Crippen LogP contribution in [0, 0.1) is 0 Å². The smallest absolute Gasteiger partial charge is 0.225 e. The summed E-state index contributed by atoms with van der Waals surface area (Å²) in [5.41, 5.74) is 3.03. The molecule has 0 spiro atoms. The van der Waals surface area contributed by atoms with Gasteiger partial charge in [-0.15, -0.1) is 0 Å². The molecule has 2 aromatic rings. The van der Waals surface area contributed by atoms with Gasteiger partial charge in [0.15, 0.2) is 0 Å². The van der Waals surface area contributed by atoms with Gasteiger partial charge in [-0.3, -0.25) is 9.78 Å². The molecule has 3 rings (SSSR count). The lowest BCUT2D eigenvalue weighted by atomic mass is 9.90. The van der Waals surface area contributed by atoms with Crippen LogP contribution in [0.25, 0.3) is 0 Å². The SMILES string of the molecule is O=C1CC(CNc2c(Br)cncc2Br)c2ccccc2N1. The van der Waals surface area contributed by atoms with Crippen molar-refractivity contribution in [2.75, 3.05) is 17.2 Å². The molecule has 4 nitrogen and oxygen atoms in total. The van der Waals surface area contributed by atoms with Gasteiger partial charge >= 0.3 is 0 Å². The second-order valence-corrected chi connectivity index (χ2v) is 6.60. The second-order valence-electron chi connectivity index (χ2n) is 4.90. The molecule has 1 aliphatic rings. The standard InChI is InChI=1S/C15H13Br2N3O/c16-11-7-18-8-12(17)15(11)19-6-9-5-14(21)20-13-4-2-1-3-10(9)13/h1-4,7-9H,5-6H2,(H,18,19)(H,20,21). The number of nitrogens with zero attached hydrogens (tertiary/aromatic N) is 1. The van der Waals surface area contributed by atoms with E-state index in [1.54, 1.807) is 12.4 Å². The summed E-state index contributed by atoms with van der Waals surface area (Å²) in [6.07, 6.45) is 3.98. The van der Waals surface area contributed by atoms with E-state index in [0.29, 0.717) is 13.0 Å². The monoisotopic (exact) mass is 409 g/mol. The van der Waals surface area contributed by atoms with E-state index in [1.807, 2.05) is 18.2 Å². The van der Waals surface area contributed by atoms with Gasteiger partial charge in [0.1, 0.15) is 0 Å². The fraction of sp³-hybridized carbons (Fsp3) is 0.200. The number of fused-ring (bicyclic) bond motifs is 1. The Labute approximate surface area is 139 Å². The zero-order chi connectivity index (χ0) is 14.8. The summed E-state index contributed by atoms with van der Waals surface area (Å²) in [6.45, 7) is 0.686. The summed E-state index contributed by atoms with van der Waals surface area (Å²) in [4.78, 5) is 15.9. The van der Waals surface area contributed by atoms with E-state index in [-0.39, 0.29) is 11.8 Å². The molecule has 1 aliphatic heterocycles. The highest BCUT2D eigenvalue weighted by Crippen LogP contribution is 2.34. The van der Waals surface area contributed by atoms with Crippen molar-refractivity contribution in [3.05, 3.63) is 51.2 Å². The Morgan fingerprint density at radius 3 is 2.71 bits per heavy atom. The molecular weight excluding hydrogens is 398 g/mol. The maximum absolute atomic E-state index is 11.8. The van der Waals surface area contributed by atoms with E-state index in [2.05, 4.69) is 53.5 Å². The fourth-order valence-electron chi connectivity index (χ4n) is 2.49. The summed E-state index contributed by atoms with van der Waals surface area (Å²) < 4.78 is 1.79. The molecule has 21 heavy (non-hydrogen) atoms. The van der Waals surface area contributed by atoms with Gasteiger partial charge in [-0.05, 0) is 43.5 Å². The van der Waals surface area contributed by atoms with Crippen LogP contribution < -0.4 is 10.6 Å². The van der Waals surface area contributed by atoms with Crippen LogP contribution in [-0.2, 0) is 4.79 Å². The maximum atomic E-state index is 11.8. The molecule has 1 amide bonds. The van der Waals surface area contributed by atoms with Crippen LogP contribution in [-0.4, -0.2) is 17.4 Å². The quantitative estimate of drug-likeness (QED) is 0.799. The number of rotatable bonds is 3. The van der Waals surface area contributed by atoms with E-state index >= 15 is 0 Å². The Morgan fingerprint density at radius 2 is 1.95 bits per heavy atom. The molecule has 108 valence electrons. The third-order valence-electron chi connectivity index (χ3n) is 3.49. The lowest BCUT2D eigenvalue weighted by molar-refractivity contribution is -0.116. The first-order valence-corrected chi connectivity index (χ1v) is 8.15. The average molecular weight is 411 g/mol. The normalized spacial score (nSPS) is 17.0. The molecule has 0 fully saturated rings. The Hall–Kier alpha value is -1.40. The molecule has 0 radical (unpaired) electrons. The number of nitrogens with one attached hydrogen (secondary N) is 2. The average Bonchev–Trinajstić information content (AvgIpc) is 2.46. The maximum Gasteiger partial charge on any atom is 0.225 e. The van der Waals surface area contributed by atoms with Crippen molar-refractivity contribution < 1.29 is 4.79 Å². The molecule has 0 bridgehead atoms. The number of halogens is 2. The van der Waals surface area contributed by atoms with Crippen LogP contribution in [0.2, 0.25) is 0 Å². The number of hydrogen-bond donors (Lipinski definition) is 2. The zero-order valence-corrected chi connectivity index (χ0v) is 14.2. The van der Waals surface area contributed by atoms with Crippen molar-refractivity contribution in [3.8, 4) is 0 Å². The Bertz CT molecular complexity index is 670. The number of pyridine rings is 1. The number of anilines is 2. The minimum absolute atomic E-state index is 0.0633. The third kappa shape index (κ3) is 3.11. The molecule has 2 heterocycles. The number of carbonyl (C=O) groups is 1. The minimum atomic E-state index is 0.0633. The lowest BCUT2D eigenvalue weighted by Gasteiger charge is -2.26. The van der Waals surface area contributed by atoms with Gasteiger partial charge in [-0.25, -0.2) is 0 Å². The van der Waals surface area contributed by atoms with Crippen LogP contribution in [0.15, 0.2) is 45.6 Å². The number of para-hydroxylation sites is 1. The summed E-state index contributed by atoms with van der Waals surface area (Å²) in [6, 6.07) is 7.95. The van der Waals surface area contributed by atoms with E-state index in [1.165, 1.54) is 5.56 Å². The summed E-state index contributed by atoms with van der Waals surface area (Å²) in [5, 5.41) is 6.31. The molecule has 0 saturated heterocycles. The molecule has 1 aromatic carbocycles. The molecule has 1 aromatic heterocycles. The van der Waals surface area contributed by atoms with Crippen molar-refractivity contribution in [1.29, 1.82) is 0 Å². The van der Waals surface area contributed by atoms with E-state index in [4.69, 9.17) is 0 Å². The molecule has 1 unspecified atom stereocenters. The summed E-state index contributed by atoms with van der Waals surface area (Å²) in [7, 11) is 0. The topological polar surface area (TPSA) is 54.0 Å².